The number of ether oxygens (including phenoxy) is 1. The third-order valence-corrected chi connectivity index (χ3v) is 6.39. The fourth-order valence-corrected chi connectivity index (χ4v) is 4.33. The van der Waals surface area contributed by atoms with Crippen LogP contribution in [-0.4, -0.2) is 36.5 Å². The Bertz CT molecular complexity index is 774. The van der Waals surface area contributed by atoms with Gasteiger partial charge in [-0.2, -0.15) is 13.2 Å². The lowest BCUT2D eigenvalue weighted by molar-refractivity contribution is -0.150. The largest absolute Gasteiger partial charge is 0.465 e. The molecule has 0 unspecified atom stereocenters. The van der Waals surface area contributed by atoms with E-state index in [1.165, 1.54) is 49.8 Å². The Morgan fingerprint density at radius 2 is 1.50 bits per heavy atom. The maximum atomic E-state index is 14.1. The van der Waals surface area contributed by atoms with Crippen molar-refractivity contribution >= 4 is 11.9 Å². The Kier molecular flexibility index (Phi) is 11.8. The molecule has 0 aromatic heterocycles. The quantitative estimate of drug-likeness (QED) is 0.168. The van der Waals surface area contributed by atoms with E-state index < -0.39 is 34.9 Å². The van der Waals surface area contributed by atoms with Crippen molar-refractivity contribution in [2.24, 2.45) is 5.92 Å². The second-order valence-electron chi connectivity index (χ2n) is 9.08. The summed E-state index contributed by atoms with van der Waals surface area (Å²) < 4.78 is 59.1. The number of hydrogen-bond donors (Lipinski definition) is 0. The molecule has 34 heavy (non-hydrogen) atoms. The molecule has 0 spiro atoms. The number of rotatable bonds is 13. The SMILES string of the molecule is CCCCCCCCCCCCOC(=O)C1CCN(C(=O)c2c(F)cccc2C(F)(F)F)CC1. The number of halogens is 4. The molecule has 1 aromatic carbocycles. The molecule has 0 saturated carbocycles. The normalized spacial score (nSPS) is 14.9. The van der Waals surface area contributed by atoms with E-state index in [0.29, 0.717) is 25.5 Å². The summed E-state index contributed by atoms with van der Waals surface area (Å²) in [7, 11) is 0. The molecule has 1 fully saturated rings. The number of carbonyl (C=O) groups excluding carboxylic acids is 2. The first kappa shape index (κ1) is 28.1. The van der Waals surface area contributed by atoms with Gasteiger partial charge in [0.1, 0.15) is 5.82 Å². The zero-order chi connectivity index (χ0) is 25.0. The first-order chi connectivity index (χ1) is 16.3. The molecule has 1 heterocycles. The highest BCUT2D eigenvalue weighted by atomic mass is 19.4. The molecule has 1 amide bonds. The fourth-order valence-electron chi connectivity index (χ4n) is 4.33. The molecule has 0 atom stereocenters. The third-order valence-electron chi connectivity index (χ3n) is 6.39. The third kappa shape index (κ3) is 8.91. The summed E-state index contributed by atoms with van der Waals surface area (Å²) in [4.78, 5) is 26.1. The van der Waals surface area contributed by atoms with E-state index in [-0.39, 0.29) is 19.1 Å². The van der Waals surface area contributed by atoms with Crippen LogP contribution in [0.25, 0.3) is 0 Å². The summed E-state index contributed by atoms with van der Waals surface area (Å²) in [6.45, 7) is 2.74. The summed E-state index contributed by atoms with van der Waals surface area (Å²) in [5, 5.41) is 0. The summed E-state index contributed by atoms with van der Waals surface area (Å²) in [6, 6.07) is 2.49. The van der Waals surface area contributed by atoms with Crippen LogP contribution in [0.3, 0.4) is 0 Å². The molecule has 0 radical (unpaired) electrons. The highest BCUT2D eigenvalue weighted by molar-refractivity contribution is 5.96. The highest BCUT2D eigenvalue weighted by Gasteiger charge is 2.39. The summed E-state index contributed by atoms with van der Waals surface area (Å²) in [5.74, 6) is -2.92. The lowest BCUT2D eigenvalue weighted by atomic mass is 9.95. The number of hydrogen-bond acceptors (Lipinski definition) is 3. The number of nitrogens with zero attached hydrogens (tertiary/aromatic N) is 1. The van der Waals surface area contributed by atoms with Crippen LogP contribution in [0.1, 0.15) is 99.9 Å². The lowest BCUT2D eigenvalue weighted by Crippen LogP contribution is -2.41. The minimum atomic E-state index is -4.83. The van der Waals surface area contributed by atoms with E-state index in [9.17, 15) is 27.2 Å². The molecule has 1 aliphatic rings. The number of unbranched alkanes of at least 4 members (excludes halogenated alkanes) is 9. The van der Waals surface area contributed by atoms with Crippen molar-refractivity contribution in [1.29, 1.82) is 0 Å². The average Bonchev–Trinajstić information content (AvgIpc) is 2.81. The van der Waals surface area contributed by atoms with E-state index in [2.05, 4.69) is 6.92 Å². The number of benzene rings is 1. The fraction of sp³-hybridized carbons (Fsp3) is 0.692. The number of likely N-dealkylation sites (tertiary alicyclic amines) is 1. The van der Waals surface area contributed by atoms with E-state index in [1.807, 2.05) is 0 Å². The minimum Gasteiger partial charge on any atom is -0.465 e. The van der Waals surface area contributed by atoms with Crippen molar-refractivity contribution in [2.45, 2.75) is 90.1 Å². The van der Waals surface area contributed by atoms with Gasteiger partial charge in [0, 0.05) is 13.1 Å². The molecule has 8 heteroatoms. The van der Waals surface area contributed by atoms with E-state index in [1.54, 1.807) is 0 Å². The van der Waals surface area contributed by atoms with Gasteiger partial charge in [-0.3, -0.25) is 9.59 Å². The lowest BCUT2D eigenvalue weighted by Gasteiger charge is -2.31. The number of amides is 1. The zero-order valence-electron chi connectivity index (χ0n) is 20.1. The highest BCUT2D eigenvalue weighted by Crippen LogP contribution is 2.34. The first-order valence-electron chi connectivity index (χ1n) is 12.6. The monoisotopic (exact) mass is 487 g/mol. The van der Waals surface area contributed by atoms with Gasteiger partial charge in [-0.15, -0.1) is 0 Å². The topological polar surface area (TPSA) is 46.6 Å². The van der Waals surface area contributed by atoms with Crippen LogP contribution in [0.2, 0.25) is 0 Å². The maximum absolute atomic E-state index is 14.1. The van der Waals surface area contributed by atoms with Gasteiger partial charge in [0.25, 0.3) is 5.91 Å². The number of carbonyl (C=O) groups is 2. The van der Waals surface area contributed by atoms with Gasteiger partial charge in [0.15, 0.2) is 0 Å². The second-order valence-corrected chi connectivity index (χ2v) is 9.08. The van der Waals surface area contributed by atoms with Crippen molar-refractivity contribution < 1.29 is 31.9 Å². The second kappa shape index (κ2) is 14.3. The standard InChI is InChI=1S/C26H37F4NO3/c1-2-3-4-5-6-7-8-9-10-11-19-34-25(33)20-15-17-31(18-16-20)24(32)23-21(26(28,29)30)13-12-14-22(23)27/h12-14,20H,2-11,15-19H2,1H3. The number of alkyl halides is 3. The first-order valence-corrected chi connectivity index (χ1v) is 12.6. The van der Waals surface area contributed by atoms with Crippen LogP contribution in [0.4, 0.5) is 17.6 Å². The molecule has 1 aromatic rings. The average molecular weight is 488 g/mol. The molecular weight excluding hydrogens is 450 g/mol. The van der Waals surface area contributed by atoms with E-state index >= 15 is 0 Å². The molecule has 1 saturated heterocycles. The Morgan fingerprint density at radius 3 is 2.06 bits per heavy atom. The van der Waals surface area contributed by atoms with Crippen molar-refractivity contribution in [1.82, 2.24) is 4.90 Å². The maximum Gasteiger partial charge on any atom is 0.417 e. The smallest absolute Gasteiger partial charge is 0.417 e. The van der Waals surface area contributed by atoms with Gasteiger partial charge in [0.2, 0.25) is 0 Å². The van der Waals surface area contributed by atoms with Gasteiger partial charge in [0.05, 0.1) is 23.7 Å². The van der Waals surface area contributed by atoms with Gasteiger partial charge in [-0.05, 0) is 31.4 Å². The molecule has 192 valence electrons. The summed E-state index contributed by atoms with van der Waals surface area (Å²) in [5.41, 5.74) is -2.24. The molecule has 0 aliphatic carbocycles. The Morgan fingerprint density at radius 1 is 0.941 bits per heavy atom. The van der Waals surface area contributed by atoms with Crippen LogP contribution in [-0.2, 0) is 15.7 Å². The van der Waals surface area contributed by atoms with Crippen LogP contribution in [0, 0.1) is 11.7 Å². The van der Waals surface area contributed by atoms with Gasteiger partial charge in [-0.1, -0.05) is 70.8 Å². The summed E-state index contributed by atoms with van der Waals surface area (Å²) >= 11 is 0. The van der Waals surface area contributed by atoms with Crippen molar-refractivity contribution in [3.05, 3.63) is 35.1 Å². The Hall–Kier alpha value is -2.12. The van der Waals surface area contributed by atoms with Crippen LogP contribution < -0.4 is 0 Å². The van der Waals surface area contributed by atoms with Crippen molar-refractivity contribution in [3.8, 4) is 0 Å². The number of piperidine rings is 1. The van der Waals surface area contributed by atoms with Crippen molar-refractivity contribution in [2.75, 3.05) is 19.7 Å². The Balaban J connectivity index is 1.67. The molecule has 2 rings (SSSR count). The van der Waals surface area contributed by atoms with Crippen LogP contribution >= 0.6 is 0 Å². The van der Waals surface area contributed by atoms with Crippen LogP contribution in [0.5, 0.6) is 0 Å². The van der Waals surface area contributed by atoms with Gasteiger partial charge >= 0.3 is 12.1 Å². The molecule has 0 N–H and O–H groups in total. The van der Waals surface area contributed by atoms with E-state index in [0.717, 1.165) is 31.4 Å². The predicted molar refractivity (Wildman–Crippen MR) is 123 cm³/mol. The Labute approximate surface area is 200 Å². The van der Waals surface area contributed by atoms with Crippen LogP contribution in [0.15, 0.2) is 18.2 Å². The van der Waals surface area contributed by atoms with Gasteiger partial charge in [-0.25, -0.2) is 4.39 Å². The predicted octanol–water partition coefficient (Wildman–Crippen LogP) is 7.16. The molecule has 4 nitrogen and oxygen atoms in total. The number of esters is 1. The van der Waals surface area contributed by atoms with Crippen molar-refractivity contribution in [3.63, 3.8) is 0 Å². The summed E-state index contributed by atoms with van der Waals surface area (Å²) in [6.07, 6.45) is 7.62. The molecule has 0 bridgehead atoms. The van der Waals surface area contributed by atoms with Gasteiger partial charge < -0.3 is 9.64 Å². The van der Waals surface area contributed by atoms with E-state index in [4.69, 9.17) is 4.74 Å². The molecular formula is C26H37F4NO3. The molecule has 1 aliphatic heterocycles. The minimum absolute atomic E-state index is 0.0858. The zero-order valence-corrected chi connectivity index (χ0v) is 20.1.